The third kappa shape index (κ3) is 3.82. The van der Waals surface area contributed by atoms with Crippen LogP contribution in [0.5, 0.6) is 0 Å². The average Bonchev–Trinajstić information content (AvgIpc) is 2.90. The normalized spacial score (nSPS) is 24.8. The Bertz CT molecular complexity index is 643. The summed E-state index contributed by atoms with van der Waals surface area (Å²) in [6, 6.07) is 7.27. The van der Waals surface area contributed by atoms with Crippen molar-refractivity contribution in [1.29, 1.82) is 0 Å². The fourth-order valence-corrected chi connectivity index (χ4v) is 4.32. The molecule has 2 aliphatic rings. The van der Waals surface area contributed by atoms with E-state index in [2.05, 4.69) is 5.32 Å². The highest BCUT2D eigenvalue weighted by Gasteiger charge is 2.44. The second-order valence-electron chi connectivity index (χ2n) is 7.14. The maximum atomic E-state index is 13.1. The Kier molecular flexibility index (Phi) is 5.64. The first-order chi connectivity index (χ1) is 12.0. The number of hydrogen-bond donors (Lipinski definition) is 1. The molecule has 2 atom stereocenters. The minimum Gasteiger partial charge on any atom is -0.342 e. The SMILES string of the molecule is CNCC1CCN(C(=O)C2CC(=O)N(C)C2c2cccc(Cl)c2)CC1. The van der Waals surface area contributed by atoms with Crippen molar-refractivity contribution in [2.24, 2.45) is 11.8 Å². The Balaban J connectivity index is 1.75. The largest absolute Gasteiger partial charge is 0.342 e. The predicted molar refractivity (Wildman–Crippen MR) is 98.3 cm³/mol. The summed E-state index contributed by atoms with van der Waals surface area (Å²) < 4.78 is 0. The molecule has 0 aromatic heterocycles. The lowest BCUT2D eigenvalue weighted by Gasteiger charge is -2.35. The molecule has 5 nitrogen and oxygen atoms in total. The van der Waals surface area contributed by atoms with Crippen LogP contribution in [0.2, 0.25) is 5.02 Å². The highest BCUT2D eigenvalue weighted by Crippen LogP contribution is 2.39. The maximum absolute atomic E-state index is 13.1. The van der Waals surface area contributed by atoms with Crippen LogP contribution < -0.4 is 5.32 Å². The molecule has 25 heavy (non-hydrogen) atoms. The second-order valence-corrected chi connectivity index (χ2v) is 7.58. The van der Waals surface area contributed by atoms with Gasteiger partial charge in [0, 0.05) is 31.6 Å². The molecule has 2 amide bonds. The number of piperidine rings is 1. The number of nitrogens with zero attached hydrogens (tertiary/aromatic N) is 2. The molecule has 2 saturated heterocycles. The third-order valence-electron chi connectivity index (χ3n) is 5.51. The van der Waals surface area contributed by atoms with Crippen LogP contribution in [-0.2, 0) is 9.59 Å². The van der Waals surface area contributed by atoms with Crippen LogP contribution >= 0.6 is 11.6 Å². The summed E-state index contributed by atoms with van der Waals surface area (Å²) in [6.07, 6.45) is 2.32. The van der Waals surface area contributed by atoms with E-state index < -0.39 is 0 Å². The zero-order chi connectivity index (χ0) is 18.0. The van der Waals surface area contributed by atoms with Crippen LogP contribution in [-0.4, -0.2) is 55.3 Å². The Morgan fingerprint density at radius 1 is 1.32 bits per heavy atom. The molecule has 2 fully saturated rings. The molecule has 0 bridgehead atoms. The van der Waals surface area contributed by atoms with Gasteiger partial charge in [0.25, 0.3) is 0 Å². The molecule has 0 saturated carbocycles. The molecule has 0 radical (unpaired) electrons. The van der Waals surface area contributed by atoms with Gasteiger partial charge in [-0.05, 0) is 50.0 Å². The van der Waals surface area contributed by atoms with Gasteiger partial charge in [0.2, 0.25) is 11.8 Å². The van der Waals surface area contributed by atoms with E-state index in [1.54, 1.807) is 11.9 Å². The summed E-state index contributed by atoms with van der Waals surface area (Å²) in [5, 5.41) is 3.84. The standard InChI is InChI=1S/C19H26ClN3O2/c1-21-12-13-6-8-23(9-7-13)19(25)16-11-17(24)22(2)18(16)14-4-3-5-15(20)10-14/h3-5,10,13,16,18,21H,6-9,11-12H2,1-2H3. The van der Waals surface area contributed by atoms with Crippen molar-refractivity contribution in [2.75, 3.05) is 33.7 Å². The molecule has 0 aliphatic carbocycles. The topological polar surface area (TPSA) is 52.7 Å². The van der Waals surface area contributed by atoms with Crippen molar-refractivity contribution in [3.63, 3.8) is 0 Å². The molecule has 1 aromatic rings. The molecule has 0 spiro atoms. The fraction of sp³-hybridized carbons (Fsp3) is 0.579. The zero-order valence-corrected chi connectivity index (χ0v) is 15.6. The number of halogens is 1. The van der Waals surface area contributed by atoms with Gasteiger partial charge in [-0.25, -0.2) is 0 Å². The molecule has 6 heteroatoms. The van der Waals surface area contributed by atoms with Gasteiger partial charge in [-0.1, -0.05) is 23.7 Å². The van der Waals surface area contributed by atoms with E-state index in [4.69, 9.17) is 11.6 Å². The van der Waals surface area contributed by atoms with Crippen LogP contribution in [0.1, 0.15) is 30.9 Å². The van der Waals surface area contributed by atoms with E-state index in [1.165, 1.54) is 0 Å². The fourth-order valence-electron chi connectivity index (χ4n) is 4.12. The summed E-state index contributed by atoms with van der Waals surface area (Å²) in [4.78, 5) is 29.1. The number of likely N-dealkylation sites (tertiary alicyclic amines) is 2. The highest BCUT2D eigenvalue weighted by molar-refractivity contribution is 6.30. The van der Waals surface area contributed by atoms with E-state index in [9.17, 15) is 9.59 Å². The number of nitrogens with one attached hydrogen (secondary N) is 1. The van der Waals surface area contributed by atoms with Gasteiger partial charge in [-0.15, -0.1) is 0 Å². The highest BCUT2D eigenvalue weighted by atomic mass is 35.5. The summed E-state index contributed by atoms with van der Waals surface area (Å²) in [5.41, 5.74) is 0.935. The quantitative estimate of drug-likeness (QED) is 0.893. The molecule has 136 valence electrons. The van der Waals surface area contributed by atoms with Gasteiger partial charge in [-0.2, -0.15) is 0 Å². The summed E-state index contributed by atoms with van der Waals surface area (Å²) >= 11 is 6.12. The third-order valence-corrected chi connectivity index (χ3v) is 5.75. The lowest BCUT2D eigenvalue weighted by Crippen LogP contribution is -2.44. The Morgan fingerprint density at radius 2 is 2.04 bits per heavy atom. The van der Waals surface area contributed by atoms with Crippen LogP contribution in [0.25, 0.3) is 0 Å². The number of benzene rings is 1. The van der Waals surface area contributed by atoms with Crippen molar-refractivity contribution in [2.45, 2.75) is 25.3 Å². The monoisotopic (exact) mass is 363 g/mol. The number of carbonyl (C=O) groups excluding carboxylic acids is 2. The molecular formula is C19H26ClN3O2. The molecule has 2 heterocycles. The van der Waals surface area contributed by atoms with Crippen molar-refractivity contribution < 1.29 is 9.59 Å². The predicted octanol–water partition coefficient (Wildman–Crippen LogP) is 2.32. The smallest absolute Gasteiger partial charge is 0.228 e. The lowest BCUT2D eigenvalue weighted by atomic mass is 9.90. The lowest BCUT2D eigenvalue weighted by molar-refractivity contribution is -0.138. The van der Waals surface area contributed by atoms with Crippen LogP contribution in [0.15, 0.2) is 24.3 Å². The number of hydrogen-bond acceptors (Lipinski definition) is 3. The number of rotatable bonds is 4. The second kappa shape index (κ2) is 7.75. The van der Waals surface area contributed by atoms with Gasteiger partial charge >= 0.3 is 0 Å². The molecule has 3 rings (SSSR count). The van der Waals surface area contributed by atoms with Crippen molar-refractivity contribution in [3.05, 3.63) is 34.9 Å². The number of carbonyl (C=O) groups is 2. The maximum Gasteiger partial charge on any atom is 0.228 e. The van der Waals surface area contributed by atoms with Crippen molar-refractivity contribution in [1.82, 2.24) is 15.1 Å². The van der Waals surface area contributed by atoms with Gasteiger partial charge in [0.15, 0.2) is 0 Å². The molecule has 1 aromatic carbocycles. The summed E-state index contributed by atoms with van der Waals surface area (Å²) in [7, 11) is 3.74. The average molecular weight is 364 g/mol. The molecular weight excluding hydrogens is 338 g/mol. The van der Waals surface area contributed by atoms with E-state index in [-0.39, 0.29) is 30.2 Å². The van der Waals surface area contributed by atoms with Gasteiger partial charge in [0.05, 0.1) is 12.0 Å². The van der Waals surface area contributed by atoms with Crippen LogP contribution in [0, 0.1) is 11.8 Å². The van der Waals surface area contributed by atoms with Gasteiger partial charge in [-0.3, -0.25) is 9.59 Å². The first-order valence-corrected chi connectivity index (χ1v) is 9.33. The molecule has 2 aliphatic heterocycles. The first-order valence-electron chi connectivity index (χ1n) is 8.95. The van der Waals surface area contributed by atoms with Crippen LogP contribution in [0.3, 0.4) is 0 Å². The molecule has 1 N–H and O–H groups in total. The van der Waals surface area contributed by atoms with Crippen LogP contribution in [0.4, 0.5) is 0 Å². The van der Waals surface area contributed by atoms with Gasteiger partial charge < -0.3 is 15.1 Å². The first kappa shape index (κ1) is 18.2. The minimum atomic E-state index is -0.322. The summed E-state index contributed by atoms with van der Waals surface area (Å²) in [6.45, 7) is 2.56. The summed E-state index contributed by atoms with van der Waals surface area (Å²) in [5.74, 6) is 0.432. The Labute approximate surface area is 154 Å². The number of amides is 2. The minimum absolute atomic E-state index is 0.0217. The zero-order valence-electron chi connectivity index (χ0n) is 14.9. The van der Waals surface area contributed by atoms with Crippen molar-refractivity contribution >= 4 is 23.4 Å². The van der Waals surface area contributed by atoms with E-state index in [0.29, 0.717) is 10.9 Å². The van der Waals surface area contributed by atoms with E-state index in [0.717, 1.165) is 38.0 Å². The molecule has 2 unspecified atom stereocenters. The van der Waals surface area contributed by atoms with Gasteiger partial charge in [0.1, 0.15) is 0 Å². The Morgan fingerprint density at radius 3 is 2.68 bits per heavy atom. The van der Waals surface area contributed by atoms with E-state index >= 15 is 0 Å². The van der Waals surface area contributed by atoms with E-state index in [1.807, 2.05) is 36.2 Å². The van der Waals surface area contributed by atoms with Crippen molar-refractivity contribution in [3.8, 4) is 0 Å². The Hall–Kier alpha value is -1.59.